The molecule has 109 heavy (non-hydrogen) atoms. The topological polar surface area (TPSA) is 689 Å². The molecule has 0 aliphatic carbocycles. The molecule has 1 heterocycles. The van der Waals surface area contributed by atoms with Crippen molar-refractivity contribution in [1.29, 1.82) is 0 Å². The van der Waals surface area contributed by atoms with Crippen LogP contribution < -0.4 is 104 Å². The summed E-state index contributed by atoms with van der Waals surface area (Å²) in [6.45, 7) is 14.0. The molecule has 0 fully saturated rings. The van der Waals surface area contributed by atoms with Gasteiger partial charge in [-0.3, -0.25) is 76.7 Å². The van der Waals surface area contributed by atoms with Gasteiger partial charge in [0.2, 0.25) is 88.6 Å². The summed E-state index contributed by atoms with van der Waals surface area (Å²) in [5, 5.41) is 49.0. The highest BCUT2D eigenvalue weighted by Crippen LogP contribution is 2.20. The Kier molecular flexibility index (Phi) is 40.4. The van der Waals surface area contributed by atoms with Crippen LogP contribution >= 0.6 is 0 Å². The number of carbonyl (C=O) groups excluding carboxylic acids is 16. The van der Waals surface area contributed by atoms with Gasteiger partial charge in [-0.05, 0) is 121 Å². The highest BCUT2D eigenvalue weighted by Gasteiger charge is 2.42. The lowest BCUT2D eigenvalue weighted by atomic mass is 9.89. The van der Waals surface area contributed by atoms with Gasteiger partial charge in [0.05, 0.1) is 18.6 Å². The third kappa shape index (κ3) is 34.6. The monoisotopic (exact) mass is 1540 g/mol. The SMILES string of the molecule is CC[C@H](C)[C@H](NC(=O)[C@H](CCCCN)NC(=O)[C@H](Cc1nn[nH]n1)NC(=O)[C@H](CC(C)C)NC(=O)C(C)(C)N)C(=O)N[C@@H](N)C(=O)N[C@@H](CCC(N)=O)C(=O)N[C@@H](CCCCN=[N+]=[N-])C(=O)N[C@@H](C)C(=O)N[C@@](C)(Cc1ccccc1F)C(=O)N[C@H](C(=O)N[C@@H](CCC(N)=O)C(=O)NCC(=O)NCC(N)=O)C(C)C. The number of H-pyrrole nitrogens is 1. The summed E-state index contributed by atoms with van der Waals surface area (Å²) in [6, 6.07) is -8.41. The number of hydrogen-bond donors (Lipinski definition) is 20. The number of amides is 16. The number of nitrogens with zero attached hydrogens (tertiary/aromatic N) is 6. The maximum absolute atomic E-state index is 15.5. The van der Waals surface area contributed by atoms with Crippen molar-refractivity contribution in [2.75, 3.05) is 26.2 Å². The summed E-state index contributed by atoms with van der Waals surface area (Å²) < 4.78 is 15.5. The fourth-order valence-electron chi connectivity index (χ4n) is 10.4. The maximum Gasteiger partial charge on any atom is 0.258 e. The summed E-state index contributed by atoms with van der Waals surface area (Å²) in [7, 11) is 0. The molecule has 2 aromatic rings. The van der Waals surface area contributed by atoms with Crippen LogP contribution in [0.3, 0.4) is 0 Å². The Hall–Kier alpha value is -11.1. The molecule has 0 saturated carbocycles. The van der Waals surface area contributed by atoms with Crippen LogP contribution in [0.15, 0.2) is 29.4 Å². The second kappa shape index (κ2) is 46.9. The van der Waals surface area contributed by atoms with Crippen molar-refractivity contribution in [3.63, 3.8) is 0 Å². The van der Waals surface area contributed by atoms with E-state index in [1.54, 1.807) is 27.7 Å². The van der Waals surface area contributed by atoms with Crippen molar-refractivity contribution in [2.45, 2.75) is 231 Å². The molecule has 43 heteroatoms. The van der Waals surface area contributed by atoms with E-state index in [1.807, 2.05) is 0 Å². The van der Waals surface area contributed by atoms with E-state index in [1.165, 1.54) is 59.7 Å². The first-order valence-electron chi connectivity index (χ1n) is 35.5. The number of nitrogens with one attached hydrogen (secondary N) is 14. The number of rotatable bonds is 51. The zero-order valence-electron chi connectivity index (χ0n) is 63.1. The van der Waals surface area contributed by atoms with Crippen LogP contribution in [0.4, 0.5) is 4.39 Å². The molecule has 2 rings (SSSR count). The number of hydrogen-bond acceptors (Lipinski definition) is 23. The zero-order chi connectivity index (χ0) is 82.5. The number of aromatic nitrogens is 4. The van der Waals surface area contributed by atoms with Crippen LogP contribution in [-0.2, 0) is 89.6 Å². The van der Waals surface area contributed by atoms with E-state index in [2.05, 4.69) is 99.8 Å². The Labute approximate surface area is 629 Å². The van der Waals surface area contributed by atoms with E-state index in [0.717, 1.165) is 6.07 Å². The van der Waals surface area contributed by atoms with Gasteiger partial charge in [0.15, 0.2) is 12.0 Å². The minimum Gasteiger partial charge on any atom is -0.370 e. The van der Waals surface area contributed by atoms with Gasteiger partial charge < -0.3 is 104 Å². The predicted molar refractivity (Wildman–Crippen MR) is 389 cm³/mol. The molecule has 0 aliphatic rings. The minimum atomic E-state index is -2.19. The van der Waals surface area contributed by atoms with Gasteiger partial charge in [-0.1, -0.05) is 82.9 Å². The van der Waals surface area contributed by atoms with Crippen LogP contribution in [0.25, 0.3) is 10.4 Å². The van der Waals surface area contributed by atoms with Crippen LogP contribution in [0, 0.1) is 23.6 Å². The first-order valence-corrected chi connectivity index (χ1v) is 35.5. The second-order valence-corrected chi connectivity index (χ2v) is 27.8. The molecular formula is C66H109FN26O16. The van der Waals surface area contributed by atoms with E-state index >= 15 is 4.39 Å². The molecule has 26 N–H and O–H groups in total. The Balaban J connectivity index is 2.50. The largest absolute Gasteiger partial charge is 0.370 e. The average molecular weight is 1540 g/mol. The predicted octanol–water partition coefficient (Wildman–Crippen LogP) is -5.87. The lowest BCUT2D eigenvalue weighted by molar-refractivity contribution is -0.138. The van der Waals surface area contributed by atoms with Crippen molar-refractivity contribution in [1.82, 2.24) is 89.7 Å². The molecule has 16 amide bonds. The van der Waals surface area contributed by atoms with Gasteiger partial charge in [-0.15, -0.1) is 10.2 Å². The summed E-state index contributed by atoms with van der Waals surface area (Å²) in [5.41, 5.74) is 39.1. The van der Waals surface area contributed by atoms with E-state index in [0.29, 0.717) is 6.42 Å². The number of nitrogens with two attached hydrogens (primary N) is 6. The molecule has 0 radical (unpaired) electrons. The van der Waals surface area contributed by atoms with Gasteiger partial charge in [0.25, 0.3) is 5.91 Å². The van der Waals surface area contributed by atoms with Crippen molar-refractivity contribution in [3.8, 4) is 0 Å². The maximum atomic E-state index is 15.5. The summed E-state index contributed by atoms with van der Waals surface area (Å²) in [4.78, 5) is 219. The molecule has 0 spiro atoms. The Morgan fingerprint density at radius 3 is 1.63 bits per heavy atom. The molecule has 0 bridgehead atoms. The Morgan fingerprint density at radius 1 is 0.578 bits per heavy atom. The normalized spacial score (nSPS) is 14.8. The fraction of sp³-hybridized carbons (Fsp3) is 0.652. The van der Waals surface area contributed by atoms with E-state index in [-0.39, 0.29) is 88.2 Å². The van der Waals surface area contributed by atoms with E-state index in [4.69, 9.17) is 39.9 Å². The number of unbranched alkanes of at least 4 members (excludes halogenated alkanes) is 2. The summed E-state index contributed by atoms with van der Waals surface area (Å²) in [5.74, 6) is -17.9. The van der Waals surface area contributed by atoms with Crippen molar-refractivity contribution in [2.24, 2.45) is 57.3 Å². The summed E-state index contributed by atoms with van der Waals surface area (Å²) in [6.07, 6.45) is -3.94. The standard InChI is InChI=1S/C66H109FN26O16/c1-11-35(6)51(85-57(102)40(20-14-16-26-68)80-59(104)44(29-48-89-92-93-90-48)83-58(103)43(28-33(2)3)84-63(108)65(8,9)73)61(106)87-52(72)62(107)82-42(23-25-46(70)95)56(101)79-39(21-15-17-27-77-91-74)55(100)78-36(7)53(98)88-66(10,30-37-18-12-13-19-38(37)67)64(109)86-50(34(4)5)60(105)81-41(22-24-45(69)94)54(99)76-32-49(97)75-31-47(71)96/h12-13,18-19,33-36,39-44,50-52H,11,14-17,20-32,68,72-73H2,1-10H3,(H2,69,94)(H2,70,95)(H2,71,96)(H,75,97)(H,76,99)(H,78,100)(H,79,101)(H,80,104)(H,81,105)(H,82,107)(H,83,103)(H,84,108)(H,85,102)(H,86,109)(H,87,106)(H,88,98)(H,89,90,92,93)/t35-,36-,39-,40-,41-,42-,43-,44-,50-,51-,52+,66-/m0/s1. The molecule has 0 aliphatic heterocycles. The average Bonchev–Trinajstić information content (AvgIpc) is 1.07. The minimum absolute atomic E-state index is 0.0175. The van der Waals surface area contributed by atoms with E-state index in [9.17, 15) is 76.7 Å². The second-order valence-electron chi connectivity index (χ2n) is 27.8. The van der Waals surface area contributed by atoms with E-state index < -0.39 is 223 Å². The van der Waals surface area contributed by atoms with Crippen LogP contribution in [0.5, 0.6) is 0 Å². The third-order valence-corrected chi connectivity index (χ3v) is 16.9. The molecule has 12 atom stereocenters. The molecule has 0 unspecified atom stereocenters. The molecule has 606 valence electrons. The van der Waals surface area contributed by atoms with Gasteiger partial charge in [-0.25, -0.2) is 4.39 Å². The van der Waals surface area contributed by atoms with Crippen molar-refractivity contribution < 1.29 is 81.1 Å². The highest BCUT2D eigenvalue weighted by molar-refractivity contribution is 6.01. The number of azide groups is 1. The van der Waals surface area contributed by atoms with Crippen molar-refractivity contribution in [3.05, 3.63) is 51.9 Å². The number of primary amides is 3. The highest BCUT2D eigenvalue weighted by atomic mass is 19.1. The number of carbonyl (C=O) groups is 16. The lowest BCUT2D eigenvalue weighted by Crippen LogP contribution is -2.65. The molecule has 1 aromatic carbocycles. The van der Waals surface area contributed by atoms with Crippen LogP contribution in [0.1, 0.15) is 158 Å². The fourth-order valence-corrected chi connectivity index (χ4v) is 10.4. The van der Waals surface area contributed by atoms with Gasteiger partial charge in [0, 0.05) is 37.1 Å². The Bertz CT molecular complexity index is 3520. The van der Waals surface area contributed by atoms with Gasteiger partial charge in [0.1, 0.15) is 65.7 Å². The number of tetrazole rings is 1. The quantitative estimate of drug-likeness (QED) is 0.00964. The number of halogens is 1. The van der Waals surface area contributed by atoms with Gasteiger partial charge in [-0.2, -0.15) is 5.21 Å². The first-order chi connectivity index (χ1) is 51.1. The first kappa shape index (κ1) is 94.0. The molecule has 1 aromatic heterocycles. The number of benzene rings is 1. The Morgan fingerprint density at radius 2 is 1.10 bits per heavy atom. The summed E-state index contributed by atoms with van der Waals surface area (Å²) >= 11 is 0. The van der Waals surface area contributed by atoms with Crippen LogP contribution in [0.2, 0.25) is 0 Å². The number of aromatic amines is 1. The smallest absolute Gasteiger partial charge is 0.258 e. The third-order valence-electron chi connectivity index (χ3n) is 16.9. The molecule has 0 saturated heterocycles. The van der Waals surface area contributed by atoms with Crippen LogP contribution in [-0.4, -0.2) is 213 Å². The van der Waals surface area contributed by atoms with Gasteiger partial charge >= 0.3 is 0 Å². The van der Waals surface area contributed by atoms with Crippen molar-refractivity contribution >= 4 is 94.5 Å². The zero-order valence-corrected chi connectivity index (χ0v) is 63.1. The molecular weight excluding hydrogens is 1430 g/mol. The molecule has 42 nitrogen and oxygen atoms in total. The lowest BCUT2D eigenvalue weighted by Gasteiger charge is -2.34.